The minimum Gasteiger partial charge on any atom is -0.389 e. The molecule has 2 N–H and O–H groups in total. The second-order valence-corrected chi connectivity index (χ2v) is 6.57. The van der Waals surface area contributed by atoms with E-state index in [0.29, 0.717) is 13.2 Å². The van der Waals surface area contributed by atoms with Crippen LogP contribution in [0.2, 0.25) is 0 Å². The van der Waals surface area contributed by atoms with Crippen molar-refractivity contribution in [1.82, 2.24) is 5.32 Å². The summed E-state index contributed by atoms with van der Waals surface area (Å²) in [5.74, 6) is 0.973. The topological polar surface area (TPSA) is 41.5 Å². The number of hydrogen-bond acceptors (Lipinski definition) is 3. The zero-order valence-electron chi connectivity index (χ0n) is 12.4. The van der Waals surface area contributed by atoms with Gasteiger partial charge >= 0.3 is 0 Å². The van der Waals surface area contributed by atoms with Gasteiger partial charge in [-0.1, -0.05) is 25.7 Å². The standard InChI is InChI=1S/C15H31NO2/c1-15(2,3)18-12-14(17)11-16-10-6-9-13-7-4-5-8-13/h13-14,16-17H,4-12H2,1-3H3. The Kier molecular flexibility index (Phi) is 7.20. The molecule has 1 fully saturated rings. The van der Waals surface area contributed by atoms with Crippen LogP contribution in [0.3, 0.4) is 0 Å². The summed E-state index contributed by atoms with van der Waals surface area (Å²) in [6.45, 7) is 8.10. The van der Waals surface area contributed by atoms with E-state index in [1.54, 1.807) is 0 Å². The van der Waals surface area contributed by atoms with Crippen molar-refractivity contribution >= 4 is 0 Å². The predicted molar refractivity (Wildman–Crippen MR) is 75.8 cm³/mol. The number of hydrogen-bond donors (Lipinski definition) is 2. The summed E-state index contributed by atoms with van der Waals surface area (Å²) in [6.07, 6.45) is 7.92. The van der Waals surface area contributed by atoms with E-state index in [-0.39, 0.29) is 5.60 Å². The average Bonchev–Trinajstić information content (AvgIpc) is 2.78. The SMILES string of the molecule is CC(C)(C)OCC(O)CNCCCC1CCCC1. The number of ether oxygens (including phenoxy) is 1. The smallest absolute Gasteiger partial charge is 0.0897 e. The number of aliphatic hydroxyl groups is 1. The molecule has 0 aromatic heterocycles. The van der Waals surface area contributed by atoms with E-state index in [9.17, 15) is 5.11 Å². The van der Waals surface area contributed by atoms with Crippen molar-refractivity contribution in [2.24, 2.45) is 5.92 Å². The largest absolute Gasteiger partial charge is 0.389 e. The van der Waals surface area contributed by atoms with Crippen LogP contribution < -0.4 is 5.32 Å². The third kappa shape index (κ3) is 8.06. The summed E-state index contributed by atoms with van der Waals surface area (Å²) in [4.78, 5) is 0. The van der Waals surface area contributed by atoms with Gasteiger partial charge in [0.25, 0.3) is 0 Å². The lowest BCUT2D eigenvalue weighted by atomic mass is 10.0. The first-order valence-electron chi connectivity index (χ1n) is 7.50. The van der Waals surface area contributed by atoms with Gasteiger partial charge in [0.15, 0.2) is 0 Å². The van der Waals surface area contributed by atoms with E-state index < -0.39 is 6.10 Å². The van der Waals surface area contributed by atoms with Gasteiger partial charge in [0, 0.05) is 6.54 Å². The van der Waals surface area contributed by atoms with Crippen LogP contribution in [0.1, 0.15) is 59.3 Å². The van der Waals surface area contributed by atoms with Crippen molar-refractivity contribution in [2.75, 3.05) is 19.7 Å². The molecule has 1 unspecified atom stereocenters. The van der Waals surface area contributed by atoms with E-state index in [4.69, 9.17) is 4.74 Å². The number of nitrogens with one attached hydrogen (secondary N) is 1. The van der Waals surface area contributed by atoms with Gasteiger partial charge < -0.3 is 15.2 Å². The molecule has 1 saturated carbocycles. The van der Waals surface area contributed by atoms with Crippen LogP contribution in [0, 0.1) is 5.92 Å². The highest BCUT2D eigenvalue weighted by Crippen LogP contribution is 2.28. The summed E-state index contributed by atoms with van der Waals surface area (Å²) in [5.41, 5.74) is -0.163. The second-order valence-electron chi connectivity index (χ2n) is 6.57. The summed E-state index contributed by atoms with van der Waals surface area (Å²) in [6, 6.07) is 0. The highest BCUT2D eigenvalue weighted by atomic mass is 16.5. The van der Waals surface area contributed by atoms with Crippen molar-refractivity contribution in [2.45, 2.75) is 71.0 Å². The fourth-order valence-electron chi connectivity index (χ4n) is 2.49. The van der Waals surface area contributed by atoms with E-state index >= 15 is 0 Å². The number of aliphatic hydroxyl groups excluding tert-OH is 1. The molecule has 0 radical (unpaired) electrons. The Bertz CT molecular complexity index is 207. The molecule has 18 heavy (non-hydrogen) atoms. The first-order chi connectivity index (χ1) is 8.47. The van der Waals surface area contributed by atoms with Gasteiger partial charge in [-0.2, -0.15) is 0 Å². The first kappa shape index (κ1) is 15.9. The molecular weight excluding hydrogens is 226 g/mol. The summed E-state index contributed by atoms with van der Waals surface area (Å²) in [5, 5.41) is 13.1. The second kappa shape index (κ2) is 8.13. The average molecular weight is 257 g/mol. The summed E-state index contributed by atoms with van der Waals surface area (Å²) >= 11 is 0. The van der Waals surface area contributed by atoms with E-state index in [1.165, 1.54) is 38.5 Å². The Morgan fingerprint density at radius 3 is 2.56 bits per heavy atom. The van der Waals surface area contributed by atoms with Gasteiger partial charge in [-0.05, 0) is 46.1 Å². The molecule has 3 nitrogen and oxygen atoms in total. The maximum Gasteiger partial charge on any atom is 0.0897 e. The van der Waals surface area contributed by atoms with Crippen LogP contribution in [0.15, 0.2) is 0 Å². The fraction of sp³-hybridized carbons (Fsp3) is 1.00. The van der Waals surface area contributed by atoms with E-state index in [0.717, 1.165) is 12.5 Å². The van der Waals surface area contributed by atoms with E-state index in [1.807, 2.05) is 20.8 Å². The monoisotopic (exact) mass is 257 g/mol. The first-order valence-corrected chi connectivity index (χ1v) is 7.50. The Hall–Kier alpha value is -0.120. The van der Waals surface area contributed by atoms with E-state index in [2.05, 4.69) is 5.32 Å². The zero-order valence-corrected chi connectivity index (χ0v) is 12.4. The van der Waals surface area contributed by atoms with Gasteiger partial charge in [-0.3, -0.25) is 0 Å². The Balaban J connectivity index is 1.90. The Morgan fingerprint density at radius 2 is 1.94 bits per heavy atom. The van der Waals surface area contributed by atoms with Crippen LogP contribution in [-0.2, 0) is 4.74 Å². The molecule has 0 aromatic carbocycles. The van der Waals surface area contributed by atoms with Gasteiger partial charge in [0.1, 0.15) is 0 Å². The highest BCUT2D eigenvalue weighted by molar-refractivity contribution is 4.68. The Labute approximate surface area is 112 Å². The lowest BCUT2D eigenvalue weighted by molar-refractivity contribution is -0.0478. The van der Waals surface area contributed by atoms with Crippen LogP contribution >= 0.6 is 0 Å². The van der Waals surface area contributed by atoms with Crippen molar-refractivity contribution in [3.8, 4) is 0 Å². The van der Waals surface area contributed by atoms with Crippen LogP contribution in [0.25, 0.3) is 0 Å². The molecule has 0 amide bonds. The molecule has 1 atom stereocenters. The molecule has 1 rings (SSSR count). The Morgan fingerprint density at radius 1 is 1.28 bits per heavy atom. The minimum atomic E-state index is -0.393. The van der Waals surface area contributed by atoms with Crippen molar-refractivity contribution < 1.29 is 9.84 Å². The van der Waals surface area contributed by atoms with Gasteiger partial charge in [0.2, 0.25) is 0 Å². The van der Waals surface area contributed by atoms with Gasteiger partial charge in [0.05, 0.1) is 18.3 Å². The molecule has 1 aliphatic carbocycles. The van der Waals surface area contributed by atoms with Crippen LogP contribution in [-0.4, -0.2) is 36.5 Å². The molecule has 0 heterocycles. The van der Waals surface area contributed by atoms with Crippen molar-refractivity contribution in [3.63, 3.8) is 0 Å². The zero-order chi connectivity index (χ0) is 13.4. The lowest BCUT2D eigenvalue weighted by Crippen LogP contribution is -2.34. The summed E-state index contributed by atoms with van der Waals surface area (Å²) in [7, 11) is 0. The maximum absolute atomic E-state index is 9.74. The normalized spacial score (nSPS) is 19.3. The van der Waals surface area contributed by atoms with Crippen molar-refractivity contribution in [1.29, 1.82) is 0 Å². The fourth-order valence-corrected chi connectivity index (χ4v) is 2.49. The molecule has 108 valence electrons. The van der Waals surface area contributed by atoms with Gasteiger partial charge in [-0.25, -0.2) is 0 Å². The molecule has 0 aliphatic heterocycles. The van der Waals surface area contributed by atoms with Crippen molar-refractivity contribution in [3.05, 3.63) is 0 Å². The molecule has 0 saturated heterocycles. The minimum absolute atomic E-state index is 0.163. The third-order valence-electron chi connectivity index (χ3n) is 3.53. The third-order valence-corrected chi connectivity index (χ3v) is 3.53. The lowest BCUT2D eigenvalue weighted by Gasteiger charge is -2.22. The molecule has 1 aliphatic rings. The predicted octanol–water partition coefficient (Wildman–Crippen LogP) is 2.72. The quantitative estimate of drug-likeness (QED) is 0.657. The highest BCUT2D eigenvalue weighted by Gasteiger charge is 2.15. The molecule has 0 spiro atoms. The molecule has 0 aromatic rings. The summed E-state index contributed by atoms with van der Waals surface area (Å²) < 4.78 is 5.54. The van der Waals surface area contributed by atoms with Gasteiger partial charge in [-0.15, -0.1) is 0 Å². The molecular formula is C15H31NO2. The van der Waals surface area contributed by atoms with Crippen LogP contribution in [0.4, 0.5) is 0 Å². The maximum atomic E-state index is 9.74. The van der Waals surface area contributed by atoms with Crippen LogP contribution in [0.5, 0.6) is 0 Å². The molecule has 3 heteroatoms. The molecule has 0 bridgehead atoms. The number of rotatable bonds is 8.